The number of nitrogens with zero attached hydrogens (tertiary/aromatic N) is 3. The van der Waals surface area contributed by atoms with Crippen LogP contribution in [0.25, 0.3) is 0 Å². The molecular formula is C14H16N4O4S2. The number of hydrogen-bond donors (Lipinski definition) is 1. The summed E-state index contributed by atoms with van der Waals surface area (Å²) in [6, 6.07) is 3.86. The summed E-state index contributed by atoms with van der Waals surface area (Å²) in [6.07, 6.45) is 1.60. The van der Waals surface area contributed by atoms with E-state index in [0.29, 0.717) is 25.3 Å². The third-order valence-electron chi connectivity index (χ3n) is 3.80. The third-order valence-corrected chi connectivity index (χ3v) is 6.38. The van der Waals surface area contributed by atoms with E-state index in [1.165, 1.54) is 27.8 Å². The number of aromatic nitrogens is 1. The lowest BCUT2D eigenvalue weighted by Crippen LogP contribution is -2.28. The molecule has 1 aliphatic heterocycles. The van der Waals surface area contributed by atoms with Crippen molar-refractivity contribution >= 4 is 32.7 Å². The van der Waals surface area contributed by atoms with Gasteiger partial charge in [-0.05, 0) is 18.9 Å². The smallest absolute Gasteiger partial charge is 0.270 e. The average Bonchev–Trinajstić information content (AvgIpc) is 3.26. The Kier molecular flexibility index (Phi) is 4.78. The number of benzene rings is 1. The second-order valence-electron chi connectivity index (χ2n) is 5.38. The van der Waals surface area contributed by atoms with E-state index in [1.807, 2.05) is 5.38 Å². The van der Waals surface area contributed by atoms with Crippen molar-refractivity contribution in [2.75, 3.05) is 18.4 Å². The SMILES string of the molecule is O=[N+]([O-])c1ccc(NCc2cscn2)c(S(=O)(=O)N2CCCC2)c1. The Hall–Kier alpha value is -2.04. The van der Waals surface area contributed by atoms with Crippen molar-refractivity contribution in [2.45, 2.75) is 24.3 Å². The van der Waals surface area contributed by atoms with E-state index in [0.717, 1.165) is 24.6 Å². The van der Waals surface area contributed by atoms with Crippen molar-refractivity contribution in [3.8, 4) is 0 Å². The number of nitrogens with one attached hydrogen (secondary N) is 1. The van der Waals surface area contributed by atoms with E-state index >= 15 is 0 Å². The summed E-state index contributed by atoms with van der Waals surface area (Å²) < 4.78 is 27.1. The highest BCUT2D eigenvalue weighted by Gasteiger charge is 2.30. The van der Waals surface area contributed by atoms with E-state index in [2.05, 4.69) is 10.3 Å². The van der Waals surface area contributed by atoms with Crippen LogP contribution in [0.1, 0.15) is 18.5 Å². The number of nitro groups is 1. The first-order valence-electron chi connectivity index (χ1n) is 7.38. The molecule has 0 aliphatic carbocycles. The second kappa shape index (κ2) is 6.83. The summed E-state index contributed by atoms with van der Waals surface area (Å²) in [5, 5.41) is 15.9. The van der Waals surface area contributed by atoms with E-state index in [9.17, 15) is 18.5 Å². The molecule has 1 N–H and O–H groups in total. The lowest BCUT2D eigenvalue weighted by Gasteiger charge is -2.18. The summed E-state index contributed by atoms with van der Waals surface area (Å²) in [5.41, 5.74) is 2.57. The van der Waals surface area contributed by atoms with Crippen LogP contribution >= 0.6 is 11.3 Å². The number of thiazole rings is 1. The second-order valence-corrected chi connectivity index (χ2v) is 8.01. The number of sulfonamides is 1. The first-order valence-corrected chi connectivity index (χ1v) is 9.76. The lowest BCUT2D eigenvalue weighted by molar-refractivity contribution is -0.385. The first kappa shape index (κ1) is 16.8. The van der Waals surface area contributed by atoms with Crippen molar-refractivity contribution < 1.29 is 13.3 Å². The van der Waals surface area contributed by atoms with Crippen molar-refractivity contribution in [3.05, 3.63) is 44.9 Å². The van der Waals surface area contributed by atoms with Crippen molar-refractivity contribution in [3.63, 3.8) is 0 Å². The van der Waals surface area contributed by atoms with Gasteiger partial charge in [0.05, 0.1) is 28.4 Å². The largest absolute Gasteiger partial charge is 0.378 e. The summed E-state index contributed by atoms with van der Waals surface area (Å²) in [5.74, 6) is 0. The topological polar surface area (TPSA) is 105 Å². The number of hydrogen-bond acceptors (Lipinski definition) is 7. The van der Waals surface area contributed by atoms with Gasteiger partial charge in [0.25, 0.3) is 5.69 Å². The molecule has 1 saturated heterocycles. The Morgan fingerprint density at radius 2 is 2.08 bits per heavy atom. The maximum atomic E-state index is 12.8. The molecule has 0 spiro atoms. The predicted molar refractivity (Wildman–Crippen MR) is 90.5 cm³/mol. The molecule has 2 aromatic rings. The standard InChI is InChI=1S/C14H16N4O4S2/c19-18(20)12-3-4-13(15-8-11-9-23-10-16-11)14(7-12)24(21,22)17-5-1-2-6-17/h3-4,7,9-10,15H,1-2,5-6,8H2. The van der Waals surface area contributed by atoms with Crippen LogP contribution in [0.15, 0.2) is 34.0 Å². The molecule has 0 radical (unpaired) electrons. The highest BCUT2D eigenvalue weighted by atomic mass is 32.2. The summed E-state index contributed by atoms with van der Waals surface area (Å²) in [4.78, 5) is 14.5. The minimum atomic E-state index is -3.77. The molecule has 1 fully saturated rings. The van der Waals surface area contributed by atoms with Crippen LogP contribution in [0.3, 0.4) is 0 Å². The van der Waals surface area contributed by atoms with Gasteiger partial charge >= 0.3 is 0 Å². The van der Waals surface area contributed by atoms with E-state index in [4.69, 9.17) is 0 Å². The summed E-state index contributed by atoms with van der Waals surface area (Å²) in [6.45, 7) is 1.23. The molecule has 3 rings (SSSR count). The molecule has 1 aliphatic rings. The van der Waals surface area contributed by atoms with Crippen LogP contribution in [-0.4, -0.2) is 35.7 Å². The zero-order valence-electron chi connectivity index (χ0n) is 12.7. The van der Waals surface area contributed by atoms with Gasteiger partial charge in [0.15, 0.2) is 0 Å². The monoisotopic (exact) mass is 368 g/mol. The molecule has 10 heteroatoms. The molecule has 24 heavy (non-hydrogen) atoms. The number of nitro benzene ring substituents is 1. The predicted octanol–water partition coefficient (Wildman–Crippen LogP) is 2.45. The fraction of sp³-hybridized carbons (Fsp3) is 0.357. The fourth-order valence-electron chi connectivity index (χ4n) is 2.56. The Labute approximate surface area is 143 Å². The minimum absolute atomic E-state index is 0.0613. The summed E-state index contributed by atoms with van der Waals surface area (Å²) in [7, 11) is -3.77. The first-order chi connectivity index (χ1) is 11.5. The molecule has 2 heterocycles. The van der Waals surface area contributed by atoms with Crippen LogP contribution in [0.4, 0.5) is 11.4 Å². The molecule has 0 amide bonds. The van der Waals surface area contributed by atoms with Crippen molar-refractivity contribution in [2.24, 2.45) is 0 Å². The van der Waals surface area contributed by atoms with Crippen LogP contribution in [0.2, 0.25) is 0 Å². The van der Waals surface area contributed by atoms with Gasteiger partial charge in [-0.1, -0.05) is 0 Å². The zero-order valence-corrected chi connectivity index (χ0v) is 14.3. The molecule has 1 aromatic heterocycles. The number of anilines is 1. The molecule has 1 aromatic carbocycles. The van der Waals surface area contributed by atoms with Gasteiger partial charge in [-0.3, -0.25) is 10.1 Å². The Bertz CT molecular complexity index is 830. The van der Waals surface area contributed by atoms with Crippen molar-refractivity contribution in [1.29, 1.82) is 0 Å². The number of rotatable bonds is 6. The van der Waals surface area contributed by atoms with E-state index in [-0.39, 0.29) is 10.6 Å². The third kappa shape index (κ3) is 3.40. The van der Waals surface area contributed by atoms with E-state index in [1.54, 1.807) is 5.51 Å². The number of non-ortho nitro benzene ring substituents is 1. The van der Waals surface area contributed by atoms with Gasteiger partial charge in [-0.2, -0.15) is 4.31 Å². The maximum absolute atomic E-state index is 12.8. The van der Waals surface area contributed by atoms with Gasteiger partial charge in [-0.15, -0.1) is 11.3 Å². The highest BCUT2D eigenvalue weighted by molar-refractivity contribution is 7.89. The van der Waals surface area contributed by atoms with Crippen LogP contribution in [0.5, 0.6) is 0 Å². The fourth-order valence-corrected chi connectivity index (χ4v) is 4.83. The van der Waals surface area contributed by atoms with E-state index < -0.39 is 14.9 Å². The molecule has 0 saturated carbocycles. The minimum Gasteiger partial charge on any atom is -0.378 e. The molecule has 0 atom stereocenters. The van der Waals surface area contributed by atoms with Crippen LogP contribution in [-0.2, 0) is 16.6 Å². The lowest BCUT2D eigenvalue weighted by atomic mass is 10.3. The Balaban J connectivity index is 1.96. The van der Waals surface area contributed by atoms with Crippen LogP contribution < -0.4 is 5.32 Å². The molecular weight excluding hydrogens is 352 g/mol. The van der Waals surface area contributed by atoms with Gasteiger partial charge in [-0.25, -0.2) is 13.4 Å². The zero-order chi connectivity index (χ0) is 17.2. The van der Waals surface area contributed by atoms with Gasteiger partial charge in [0, 0.05) is 30.6 Å². The summed E-state index contributed by atoms with van der Waals surface area (Å²) >= 11 is 1.44. The molecule has 0 unspecified atom stereocenters. The quantitative estimate of drug-likeness (QED) is 0.620. The van der Waals surface area contributed by atoms with Crippen molar-refractivity contribution in [1.82, 2.24) is 9.29 Å². The van der Waals surface area contributed by atoms with Crippen LogP contribution in [0, 0.1) is 10.1 Å². The van der Waals surface area contributed by atoms with Gasteiger partial charge < -0.3 is 5.32 Å². The van der Waals surface area contributed by atoms with Gasteiger partial charge in [0.1, 0.15) is 4.90 Å². The highest BCUT2D eigenvalue weighted by Crippen LogP contribution is 2.31. The molecule has 0 bridgehead atoms. The molecule has 8 nitrogen and oxygen atoms in total. The Morgan fingerprint density at radius 1 is 1.33 bits per heavy atom. The maximum Gasteiger partial charge on any atom is 0.270 e. The van der Waals surface area contributed by atoms with Gasteiger partial charge in [0.2, 0.25) is 10.0 Å². The average molecular weight is 368 g/mol. The molecule has 128 valence electrons. The Morgan fingerprint density at radius 3 is 2.71 bits per heavy atom. The normalized spacial score (nSPS) is 15.5.